The quantitative estimate of drug-likeness (QED) is 0.861. The highest BCUT2D eigenvalue weighted by Gasteiger charge is 2.21. The molecule has 20 heavy (non-hydrogen) atoms. The summed E-state index contributed by atoms with van der Waals surface area (Å²) in [6.07, 6.45) is 1.34. The van der Waals surface area contributed by atoms with Crippen LogP contribution in [0.3, 0.4) is 0 Å². The van der Waals surface area contributed by atoms with Crippen molar-refractivity contribution < 1.29 is 13.2 Å². The van der Waals surface area contributed by atoms with E-state index in [0.29, 0.717) is 11.4 Å². The molecular weight excluding hydrogens is 348 g/mol. The van der Waals surface area contributed by atoms with Gasteiger partial charge in [-0.1, -0.05) is 0 Å². The molecule has 0 bridgehead atoms. The van der Waals surface area contributed by atoms with Crippen LogP contribution < -0.4 is 15.2 Å². The molecule has 0 atom stereocenters. The van der Waals surface area contributed by atoms with Crippen LogP contribution in [0.25, 0.3) is 0 Å². The van der Waals surface area contributed by atoms with Crippen molar-refractivity contribution in [3.05, 3.63) is 28.9 Å². The number of rotatable bonds is 4. The maximum atomic E-state index is 12.2. The molecule has 1 aromatic carbocycles. The van der Waals surface area contributed by atoms with Crippen molar-refractivity contribution in [2.75, 3.05) is 17.6 Å². The van der Waals surface area contributed by atoms with Crippen LogP contribution in [0.15, 0.2) is 33.8 Å². The van der Waals surface area contributed by atoms with Crippen LogP contribution in [-0.2, 0) is 17.1 Å². The molecule has 0 radical (unpaired) electrons. The summed E-state index contributed by atoms with van der Waals surface area (Å²) in [5, 5.41) is 3.81. The van der Waals surface area contributed by atoms with Crippen LogP contribution in [0.1, 0.15) is 0 Å². The number of halogens is 1. The second-order valence-electron chi connectivity index (χ2n) is 4.01. The molecular formula is C11H13BrN4O3S. The Hall–Kier alpha value is -1.74. The van der Waals surface area contributed by atoms with Gasteiger partial charge in [0.25, 0.3) is 10.0 Å². The fraction of sp³-hybridized carbons (Fsp3) is 0.182. The van der Waals surface area contributed by atoms with E-state index in [0.717, 1.165) is 4.47 Å². The zero-order valence-electron chi connectivity index (χ0n) is 10.8. The summed E-state index contributed by atoms with van der Waals surface area (Å²) >= 11 is 3.29. The summed E-state index contributed by atoms with van der Waals surface area (Å²) in [7, 11) is -0.697. The van der Waals surface area contributed by atoms with Crippen LogP contribution in [0.4, 0.5) is 11.5 Å². The molecule has 2 aromatic rings. The number of anilines is 2. The van der Waals surface area contributed by atoms with Crippen molar-refractivity contribution in [2.45, 2.75) is 4.90 Å². The summed E-state index contributed by atoms with van der Waals surface area (Å²) in [5.74, 6) is 0.466. The fourth-order valence-electron chi connectivity index (χ4n) is 1.62. The van der Waals surface area contributed by atoms with Gasteiger partial charge in [0.2, 0.25) is 0 Å². The molecule has 2 rings (SSSR count). The van der Waals surface area contributed by atoms with E-state index in [1.54, 1.807) is 25.2 Å². The number of aryl methyl sites for hydroxylation is 1. The third-order valence-electron chi connectivity index (χ3n) is 2.51. The molecule has 9 heteroatoms. The standard InChI is InChI=1S/C11H13BrN4O3S/c1-16-6-10(11(13)14-16)20(17,18)15-7-3-4-8(12)9(5-7)19-2/h3-6,15H,1-2H3,(H2,13,14). The molecule has 108 valence electrons. The van der Waals surface area contributed by atoms with Crippen molar-refractivity contribution in [1.29, 1.82) is 0 Å². The smallest absolute Gasteiger partial charge is 0.267 e. The number of hydrogen-bond donors (Lipinski definition) is 2. The lowest BCUT2D eigenvalue weighted by atomic mass is 10.3. The number of nitrogens with zero attached hydrogens (tertiary/aromatic N) is 2. The van der Waals surface area contributed by atoms with Gasteiger partial charge in [0.05, 0.1) is 17.3 Å². The number of sulfonamides is 1. The third kappa shape index (κ3) is 2.88. The van der Waals surface area contributed by atoms with Crippen molar-refractivity contribution >= 4 is 37.5 Å². The Morgan fingerprint density at radius 1 is 1.45 bits per heavy atom. The van der Waals surface area contributed by atoms with Crippen LogP contribution >= 0.6 is 15.9 Å². The van der Waals surface area contributed by atoms with Gasteiger partial charge in [-0.2, -0.15) is 5.10 Å². The van der Waals surface area contributed by atoms with Crippen molar-refractivity contribution in [3.8, 4) is 5.75 Å². The molecule has 1 aromatic heterocycles. The summed E-state index contributed by atoms with van der Waals surface area (Å²) in [6, 6.07) is 4.86. The number of hydrogen-bond acceptors (Lipinski definition) is 5. The Bertz CT molecular complexity index is 742. The average Bonchev–Trinajstić information content (AvgIpc) is 2.71. The largest absolute Gasteiger partial charge is 0.495 e. The molecule has 7 nitrogen and oxygen atoms in total. The van der Waals surface area contributed by atoms with Gasteiger partial charge in [-0.15, -0.1) is 0 Å². The van der Waals surface area contributed by atoms with Crippen LogP contribution in [0, 0.1) is 0 Å². The van der Waals surface area contributed by atoms with Gasteiger partial charge < -0.3 is 10.5 Å². The minimum absolute atomic E-state index is 0.0518. The van der Waals surface area contributed by atoms with E-state index < -0.39 is 10.0 Å². The minimum Gasteiger partial charge on any atom is -0.495 e. The molecule has 0 aliphatic carbocycles. The zero-order chi connectivity index (χ0) is 14.9. The first-order valence-electron chi connectivity index (χ1n) is 5.49. The number of nitrogen functional groups attached to an aromatic ring is 1. The molecule has 0 unspecified atom stereocenters. The predicted molar refractivity (Wildman–Crippen MR) is 79.1 cm³/mol. The highest BCUT2D eigenvalue weighted by Crippen LogP contribution is 2.29. The van der Waals surface area contributed by atoms with Crippen LogP contribution in [0.2, 0.25) is 0 Å². The van der Waals surface area contributed by atoms with Crippen LogP contribution in [0.5, 0.6) is 5.75 Å². The highest BCUT2D eigenvalue weighted by atomic mass is 79.9. The van der Waals surface area contributed by atoms with Crippen molar-refractivity contribution in [1.82, 2.24) is 9.78 Å². The molecule has 0 fully saturated rings. The molecule has 0 saturated heterocycles. The molecule has 0 amide bonds. The lowest BCUT2D eigenvalue weighted by Gasteiger charge is -2.09. The van der Waals surface area contributed by atoms with Crippen molar-refractivity contribution in [3.63, 3.8) is 0 Å². The number of nitrogens with one attached hydrogen (secondary N) is 1. The Morgan fingerprint density at radius 3 is 2.70 bits per heavy atom. The van der Waals surface area contributed by atoms with E-state index in [1.807, 2.05) is 0 Å². The second kappa shape index (κ2) is 5.33. The van der Waals surface area contributed by atoms with Gasteiger partial charge in [0.1, 0.15) is 10.6 Å². The van der Waals surface area contributed by atoms with E-state index in [4.69, 9.17) is 10.5 Å². The molecule has 0 aliphatic heterocycles. The number of ether oxygens (including phenoxy) is 1. The second-order valence-corrected chi connectivity index (χ2v) is 6.51. The number of aromatic nitrogens is 2. The Morgan fingerprint density at radius 2 is 2.15 bits per heavy atom. The monoisotopic (exact) mass is 360 g/mol. The summed E-state index contributed by atoms with van der Waals surface area (Å²) < 4.78 is 34.1. The van der Waals surface area contributed by atoms with E-state index in [1.165, 1.54) is 18.0 Å². The van der Waals surface area contributed by atoms with Gasteiger partial charge in [-0.05, 0) is 28.1 Å². The van der Waals surface area contributed by atoms with E-state index in [2.05, 4.69) is 25.8 Å². The molecule has 0 aliphatic rings. The van der Waals surface area contributed by atoms with Gasteiger partial charge >= 0.3 is 0 Å². The Kier molecular flexibility index (Phi) is 3.91. The molecule has 0 saturated carbocycles. The zero-order valence-corrected chi connectivity index (χ0v) is 13.2. The molecule has 3 N–H and O–H groups in total. The maximum absolute atomic E-state index is 12.2. The van der Waals surface area contributed by atoms with Crippen molar-refractivity contribution in [2.24, 2.45) is 7.05 Å². The van der Waals surface area contributed by atoms with Gasteiger partial charge in [0, 0.05) is 19.3 Å². The summed E-state index contributed by atoms with van der Waals surface area (Å²) in [5.41, 5.74) is 5.95. The topological polar surface area (TPSA) is 99.2 Å². The highest BCUT2D eigenvalue weighted by molar-refractivity contribution is 9.10. The Labute approximate surface area is 124 Å². The maximum Gasteiger partial charge on any atom is 0.267 e. The molecule has 1 heterocycles. The number of methoxy groups -OCH3 is 1. The first kappa shape index (κ1) is 14.7. The minimum atomic E-state index is -3.79. The first-order valence-corrected chi connectivity index (χ1v) is 7.76. The van der Waals surface area contributed by atoms with E-state index in [9.17, 15) is 8.42 Å². The fourth-order valence-corrected chi connectivity index (χ4v) is 3.19. The van der Waals surface area contributed by atoms with E-state index >= 15 is 0 Å². The first-order chi connectivity index (χ1) is 9.33. The average molecular weight is 361 g/mol. The van der Waals surface area contributed by atoms with Crippen LogP contribution in [-0.4, -0.2) is 25.3 Å². The number of benzene rings is 1. The van der Waals surface area contributed by atoms with Gasteiger partial charge in [-0.25, -0.2) is 8.42 Å². The summed E-state index contributed by atoms with van der Waals surface area (Å²) in [4.78, 5) is -0.0677. The SMILES string of the molecule is COc1cc(NS(=O)(=O)c2cn(C)nc2N)ccc1Br. The lowest BCUT2D eigenvalue weighted by molar-refractivity contribution is 0.412. The van der Waals surface area contributed by atoms with Gasteiger partial charge in [-0.3, -0.25) is 9.40 Å². The van der Waals surface area contributed by atoms with E-state index in [-0.39, 0.29) is 10.7 Å². The Balaban J connectivity index is 2.36. The predicted octanol–water partition coefficient (Wildman–Crippen LogP) is 1.57. The molecule has 0 spiro atoms. The lowest BCUT2D eigenvalue weighted by Crippen LogP contribution is -2.14. The summed E-state index contributed by atoms with van der Waals surface area (Å²) in [6.45, 7) is 0. The third-order valence-corrected chi connectivity index (χ3v) is 4.57. The number of nitrogens with two attached hydrogens (primary N) is 1. The van der Waals surface area contributed by atoms with Gasteiger partial charge in [0.15, 0.2) is 5.82 Å². The normalized spacial score (nSPS) is 11.3.